The molecule has 1 fully saturated rings. The van der Waals surface area contributed by atoms with Gasteiger partial charge in [-0.15, -0.1) is 0 Å². The van der Waals surface area contributed by atoms with Crippen LogP contribution in [0.5, 0.6) is 5.88 Å². The number of likely N-dealkylation sites (tertiary alicyclic amines) is 1. The first-order valence-electron chi connectivity index (χ1n) is 10.5. The molecule has 1 saturated heterocycles. The normalized spacial score (nSPS) is 16.6. The van der Waals surface area contributed by atoms with Crippen LogP contribution in [0.25, 0.3) is 0 Å². The standard InChI is InChI=1S/C23H31N5O2/c1-3-24-23(26-16-20-10-7-11-21(27-20)30-2)25-15-19-14-22(29)28(17-19)13-12-18-8-5-4-6-9-18/h4-11,19H,3,12-17H2,1-2H3,(H2,24,25,26). The van der Waals surface area contributed by atoms with E-state index in [1.165, 1.54) is 5.56 Å². The van der Waals surface area contributed by atoms with Crippen molar-refractivity contribution in [2.24, 2.45) is 10.9 Å². The van der Waals surface area contributed by atoms with Crippen molar-refractivity contribution in [3.63, 3.8) is 0 Å². The molecule has 0 bridgehead atoms. The number of hydrogen-bond acceptors (Lipinski definition) is 4. The molecule has 0 spiro atoms. The summed E-state index contributed by atoms with van der Waals surface area (Å²) in [4.78, 5) is 23.4. The van der Waals surface area contributed by atoms with E-state index in [-0.39, 0.29) is 11.8 Å². The molecule has 2 heterocycles. The van der Waals surface area contributed by atoms with Crippen LogP contribution in [0.2, 0.25) is 0 Å². The lowest BCUT2D eigenvalue weighted by Crippen LogP contribution is -2.40. The molecule has 3 rings (SSSR count). The van der Waals surface area contributed by atoms with E-state index in [0.29, 0.717) is 25.4 Å². The lowest BCUT2D eigenvalue weighted by molar-refractivity contribution is -0.127. The van der Waals surface area contributed by atoms with Gasteiger partial charge in [0.05, 0.1) is 19.3 Å². The Kier molecular flexibility index (Phi) is 8.06. The van der Waals surface area contributed by atoms with Crippen LogP contribution in [-0.2, 0) is 17.8 Å². The summed E-state index contributed by atoms with van der Waals surface area (Å²) >= 11 is 0. The lowest BCUT2D eigenvalue weighted by Gasteiger charge is -2.18. The number of ether oxygens (including phenoxy) is 1. The topological polar surface area (TPSA) is 78.9 Å². The summed E-state index contributed by atoms with van der Waals surface area (Å²) < 4.78 is 5.16. The van der Waals surface area contributed by atoms with Crippen molar-refractivity contribution in [2.75, 3.05) is 33.3 Å². The molecule has 0 saturated carbocycles. The van der Waals surface area contributed by atoms with E-state index in [1.807, 2.05) is 48.2 Å². The molecule has 1 amide bonds. The van der Waals surface area contributed by atoms with Gasteiger partial charge in [0.1, 0.15) is 0 Å². The van der Waals surface area contributed by atoms with Crippen molar-refractivity contribution in [2.45, 2.75) is 26.3 Å². The number of aromatic nitrogens is 1. The number of pyridine rings is 1. The van der Waals surface area contributed by atoms with Gasteiger partial charge in [-0.05, 0) is 25.0 Å². The van der Waals surface area contributed by atoms with Gasteiger partial charge in [-0.25, -0.2) is 9.98 Å². The van der Waals surface area contributed by atoms with Crippen molar-refractivity contribution >= 4 is 11.9 Å². The van der Waals surface area contributed by atoms with Crippen LogP contribution in [0, 0.1) is 5.92 Å². The summed E-state index contributed by atoms with van der Waals surface area (Å²) in [7, 11) is 1.60. The fourth-order valence-corrected chi connectivity index (χ4v) is 3.52. The van der Waals surface area contributed by atoms with Gasteiger partial charge in [0.15, 0.2) is 5.96 Å². The predicted molar refractivity (Wildman–Crippen MR) is 118 cm³/mol. The largest absolute Gasteiger partial charge is 0.481 e. The van der Waals surface area contributed by atoms with Gasteiger partial charge in [0, 0.05) is 44.6 Å². The van der Waals surface area contributed by atoms with Gasteiger partial charge >= 0.3 is 0 Å². The highest BCUT2D eigenvalue weighted by molar-refractivity contribution is 5.81. The summed E-state index contributed by atoms with van der Waals surface area (Å²) in [5.41, 5.74) is 2.11. The molecular weight excluding hydrogens is 378 g/mol. The average Bonchev–Trinajstić information content (AvgIpc) is 3.14. The first-order chi connectivity index (χ1) is 14.7. The number of nitrogens with zero attached hydrogens (tertiary/aromatic N) is 3. The maximum atomic E-state index is 12.4. The van der Waals surface area contributed by atoms with Crippen LogP contribution in [-0.4, -0.2) is 55.0 Å². The third kappa shape index (κ3) is 6.47. The first-order valence-corrected chi connectivity index (χ1v) is 10.5. The van der Waals surface area contributed by atoms with E-state index in [4.69, 9.17) is 4.74 Å². The molecule has 1 aliphatic rings. The van der Waals surface area contributed by atoms with E-state index < -0.39 is 0 Å². The quantitative estimate of drug-likeness (QED) is 0.491. The molecule has 1 aromatic carbocycles. The minimum atomic E-state index is 0.236. The minimum absolute atomic E-state index is 0.236. The summed E-state index contributed by atoms with van der Waals surface area (Å²) in [6, 6.07) is 16.0. The fraction of sp³-hybridized carbons (Fsp3) is 0.435. The summed E-state index contributed by atoms with van der Waals surface area (Å²) in [6.07, 6.45) is 1.48. The molecular formula is C23H31N5O2. The lowest BCUT2D eigenvalue weighted by atomic mass is 10.1. The van der Waals surface area contributed by atoms with Crippen molar-refractivity contribution in [1.82, 2.24) is 20.5 Å². The number of methoxy groups -OCH3 is 1. The van der Waals surface area contributed by atoms with Crippen molar-refractivity contribution in [3.05, 3.63) is 59.8 Å². The van der Waals surface area contributed by atoms with Crippen molar-refractivity contribution < 1.29 is 9.53 Å². The van der Waals surface area contributed by atoms with Crippen LogP contribution in [0.1, 0.15) is 24.6 Å². The van der Waals surface area contributed by atoms with E-state index in [1.54, 1.807) is 7.11 Å². The Bertz CT molecular complexity index is 840. The Morgan fingerprint density at radius 1 is 1.20 bits per heavy atom. The van der Waals surface area contributed by atoms with Gasteiger partial charge in [-0.2, -0.15) is 0 Å². The van der Waals surface area contributed by atoms with Crippen LogP contribution in [0.15, 0.2) is 53.5 Å². The van der Waals surface area contributed by atoms with Crippen LogP contribution < -0.4 is 15.4 Å². The molecule has 7 nitrogen and oxygen atoms in total. The van der Waals surface area contributed by atoms with Crippen molar-refractivity contribution in [3.8, 4) is 5.88 Å². The number of amides is 1. The van der Waals surface area contributed by atoms with E-state index >= 15 is 0 Å². The Hall–Kier alpha value is -3.09. The van der Waals surface area contributed by atoms with Crippen LogP contribution in [0.3, 0.4) is 0 Å². The summed E-state index contributed by atoms with van der Waals surface area (Å²) in [5, 5.41) is 6.63. The van der Waals surface area contributed by atoms with Crippen LogP contribution in [0.4, 0.5) is 0 Å². The van der Waals surface area contributed by atoms with Gasteiger partial charge in [0.25, 0.3) is 0 Å². The van der Waals surface area contributed by atoms with E-state index in [2.05, 4.69) is 32.7 Å². The highest BCUT2D eigenvalue weighted by atomic mass is 16.5. The van der Waals surface area contributed by atoms with Gasteiger partial charge in [-0.3, -0.25) is 4.79 Å². The van der Waals surface area contributed by atoms with E-state index in [9.17, 15) is 4.79 Å². The Labute approximate surface area is 178 Å². The van der Waals surface area contributed by atoms with E-state index in [0.717, 1.165) is 37.7 Å². The zero-order valence-electron chi connectivity index (χ0n) is 17.8. The van der Waals surface area contributed by atoms with Crippen molar-refractivity contribution in [1.29, 1.82) is 0 Å². The highest BCUT2D eigenvalue weighted by Crippen LogP contribution is 2.17. The number of nitrogens with one attached hydrogen (secondary N) is 2. The maximum Gasteiger partial charge on any atom is 0.223 e. The molecule has 2 N–H and O–H groups in total. The fourth-order valence-electron chi connectivity index (χ4n) is 3.52. The SMILES string of the molecule is CCNC(=NCc1cccc(OC)n1)NCC1CC(=O)N(CCc2ccccc2)C1. The third-order valence-corrected chi connectivity index (χ3v) is 5.10. The molecule has 0 radical (unpaired) electrons. The molecule has 1 aliphatic heterocycles. The second kappa shape index (κ2) is 11.2. The maximum absolute atomic E-state index is 12.4. The molecule has 2 aromatic rings. The Balaban J connectivity index is 1.48. The number of carbonyl (C=O) groups excluding carboxylic acids is 1. The van der Waals surface area contributed by atoms with Crippen LogP contribution >= 0.6 is 0 Å². The van der Waals surface area contributed by atoms with Gasteiger partial charge < -0.3 is 20.3 Å². The summed E-state index contributed by atoms with van der Waals surface area (Å²) in [5.74, 6) is 1.84. The molecule has 30 heavy (non-hydrogen) atoms. The van der Waals surface area contributed by atoms with Gasteiger partial charge in [0.2, 0.25) is 11.8 Å². The number of carbonyl (C=O) groups is 1. The minimum Gasteiger partial charge on any atom is -0.481 e. The Morgan fingerprint density at radius 2 is 2.03 bits per heavy atom. The predicted octanol–water partition coefficient (Wildman–Crippen LogP) is 2.24. The average molecular weight is 410 g/mol. The molecule has 7 heteroatoms. The molecule has 0 aliphatic carbocycles. The monoisotopic (exact) mass is 409 g/mol. The zero-order chi connectivity index (χ0) is 21.2. The third-order valence-electron chi connectivity index (χ3n) is 5.10. The van der Waals surface area contributed by atoms with Gasteiger partial charge in [-0.1, -0.05) is 36.4 Å². The zero-order valence-corrected chi connectivity index (χ0v) is 17.8. The number of guanidine groups is 1. The smallest absolute Gasteiger partial charge is 0.223 e. The second-order valence-corrected chi connectivity index (χ2v) is 7.39. The molecule has 1 aromatic heterocycles. The summed E-state index contributed by atoms with van der Waals surface area (Å²) in [6.45, 7) is 5.53. The number of benzene rings is 1. The Morgan fingerprint density at radius 3 is 2.80 bits per heavy atom. The molecule has 1 unspecified atom stereocenters. The first kappa shape index (κ1) is 21.6. The number of rotatable bonds is 9. The number of aliphatic imine (C=N–C) groups is 1. The molecule has 160 valence electrons. The highest BCUT2D eigenvalue weighted by Gasteiger charge is 2.29. The second-order valence-electron chi connectivity index (χ2n) is 7.39. The molecule has 1 atom stereocenters. The number of hydrogen-bond donors (Lipinski definition) is 2.